The molecule has 14 heavy (non-hydrogen) atoms. The van der Waals surface area contributed by atoms with Crippen molar-refractivity contribution in [1.82, 2.24) is 0 Å². The maximum Gasteiger partial charge on any atom is 0.488 e. The molecular weight excluding hydrogens is 216 g/mol. The minimum atomic E-state index is -3.38. The zero-order chi connectivity index (χ0) is 10.9. The molecule has 1 aromatic rings. The molecule has 0 amide bonds. The monoisotopic (exact) mass is 220 g/mol. The number of hydrogen-bond donors (Lipinski definition) is 2. The third kappa shape index (κ3) is 2.13. The first kappa shape index (κ1) is 11.2. The lowest BCUT2D eigenvalue weighted by molar-refractivity contribution is -0.161. The van der Waals surface area contributed by atoms with Crippen LogP contribution in [0.4, 0.5) is 8.78 Å². The van der Waals surface area contributed by atoms with Gasteiger partial charge >= 0.3 is 15.1 Å². The van der Waals surface area contributed by atoms with E-state index in [0.29, 0.717) is 12.1 Å². The van der Waals surface area contributed by atoms with E-state index in [1.54, 1.807) is 0 Å². The Morgan fingerprint density at radius 1 is 1.29 bits per heavy atom. The lowest BCUT2D eigenvalue weighted by Gasteiger charge is -2.01. The zero-order valence-corrected chi connectivity index (χ0v) is 7.54. The van der Waals surface area contributed by atoms with E-state index in [-0.39, 0.29) is 0 Å². The maximum atomic E-state index is 12.9. The Hall–Kier alpha value is -0.875. The molecule has 1 rings (SSSR count). The summed E-state index contributed by atoms with van der Waals surface area (Å²) in [5, 5.41) is 16.1. The molecule has 0 saturated heterocycles. The quantitative estimate of drug-likeness (QED) is 0.463. The van der Waals surface area contributed by atoms with Crippen LogP contribution in [0.2, 0.25) is 0 Å². The van der Waals surface area contributed by atoms with E-state index in [0.717, 1.165) is 0 Å². The van der Waals surface area contributed by atoms with Gasteiger partial charge in [-0.25, -0.2) is 8.78 Å². The molecule has 0 fully saturated rings. The minimum absolute atomic E-state index is 0.444. The lowest BCUT2D eigenvalue weighted by atomic mass is 9.80. The molecule has 1 unspecified atom stereocenters. The van der Waals surface area contributed by atoms with E-state index in [9.17, 15) is 18.2 Å². The second-order valence-electron chi connectivity index (χ2n) is 2.46. The van der Waals surface area contributed by atoms with Crippen LogP contribution in [0, 0.1) is 11.6 Å². The smallest absolute Gasteiger partial charge is 0.488 e. The second kappa shape index (κ2) is 4.10. The second-order valence-corrected chi connectivity index (χ2v) is 3.43. The van der Waals surface area contributed by atoms with Crippen LogP contribution in [0.1, 0.15) is 0 Å². The Kier molecular flexibility index (Phi) is 3.28. The molecule has 0 aliphatic carbocycles. The summed E-state index contributed by atoms with van der Waals surface area (Å²) in [5.41, 5.74) is -0.444. The van der Waals surface area contributed by atoms with Crippen molar-refractivity contribution in [3.8, 4) is 0 Å². The van der Waals surface area contributed by atoms with E-state index in [4.69, 9.17) is 10.0 Å². The topological polar surface area (TPSA) is 80.6 Å². The van der Waals surface area contributed by atoms with E-state index in [1.165, 1.54) is 0 Å². The fraction of sp³-hybridized carbons (Fsp3) is 0. The summed E-state index contributed by atoms with van der Waals surface area (Å²) in [6.07, 6.45) is 0. The number of hydrogen-bond acceptors (Lipinski definition) is 4. The molecule has 2 N–H and O–H groups in total. The summed E-state index contributed by atoms with van der Waals surface area (Å²) in [6, 6.07) is 1.10. The van der Waals surface area contributed by atoms with E-state index in [2.05, 4.69) is 0 Å². The van der Waals surface area contributed by atoms with Gasteiger partial charge in [-0.3, -0.25) is 0 Å². The summed E-state index contributed by atoms with van der Waals surface area (Å²) in [6.45, 7) is 0. The van der Waals surface area contributed by atoms with Gasteiger partial charge in [-0.05, 0) is 17.6 Å². The highest BCUT2D eigenvalue weighted by atomic mass is 31.1. The normalized spacial score (nSPS) is 11.4. The van der Waals surface area contributed by atoms with Crippen LogP contribution in [0.3, 0.4) is 0 Å². The Morgan fingerprint density at radius 3 is 2.00 bits per heavy atom. The van der Waals surface area contributed by atoms with Crippen LogP contribution >= 0.6 is 8.03 Å². The molecule has 0 radical (unpaired) electrons. The predicted molar refractivity (Wildman–Crippen MR) is 43.4 cm³/mol. The molecule has 4 nitrogen and oxygen atoms in total. The number of rotatable bonds is 2. The first-order chi connectivity index (χ1) is 6.43. The van der Waals surface area contributed by atoms with Crippen molar-refractivity contribution >= 4 is 25.9 Å². The summed E-state index contributed by atoms with van der Waals surface area (Å²) < 4.78 is 36.1. The van der Waals surface area contributed by atoms with Crippen molar-refractivity contribution in [1.29, 1.82) is 0 Å². The number of benzene rings is 1. The third-order valence-corrected chi connectivity index (χ3v) is 2.31. The summed E-state index contributed by atoms with van der Waals surface area (Å²) >= 11 is 0. The SMILES string of the molecule is O=[P+]([O-])c1c(F)cc(B(O)O)cc1F. The first-order valence-electron chi connectivity index (χ1n) is 3.43. The van der Waals surface area contributed by atoms with Gasteiger partial charge in [0.15, 0.2) is 11.6 Å². The largest absolute Gasteiger partial charge is 0.591 e. The molecule has 0 aliphatic heterocycles. The molecule has 0 aromatic heterocycles. The van der Waals surface area contributed by atoms with Gasteiger partial charge < -0.3 is 14.9 Å². The molecular formula is C6H4BF2O4P. The average Bonchev–Trinajstić information content (AvgIpc) is 2.01. The zero-order valence-electron chi connectivity index (χ0n) is 6.65. The van der Waals surface area contributed by atoms with Gasteiger partial charge in [0.1, 0.15) is 0 Å². The van der Waals surface area contributed by atoms with E-state index < -0.39 is 37.5 Å². The van der Waals surface area contributed by atoms with Crippen molar-refractivity contribution in [3.63, 3.8) is 0 Å². The van der Waals surface area contributed by atoms with Gasteiger partial charge in [-0.2, -0.15) is 0 Å². The summed E-state index contributed by atoms with van der Waals surface area (Å²) in [7, 11) is -5.43. The van der Waals surface area contributed by atoms with E-state index in [1.807, 2.05) is 0 Å². The van der Waals surface area contributed by atoms with E-state index >= 15 is 0 Å². The van der Waals surface area contributed by atoms with Gasteiger partial charge in [0.05, 0.1) is 0 Å². The van der Waals surface area contributed by atoms with Crippen LogP contribution in [0.25, 0.3) is 0 Å². The maximum absolute atomic E-state index is 12.9. The average molecular weight is 220 g/mol. The van der Waals surface area contributed by atoms with Gasteiger partial charge in [-0.15, -0.1) is 0 Å². The van der Waals surface area contributed by atoms with Crippen molar-refractivity contribution < 1.29 is 28.3 Å². The fourth-order valence-corrected chi connectivity index (χ4v) is 1.39. The van der Waals surface area contributed by atoms with Gasteiger partial charge in [0.2, 0.25) is 0 Å². The summed E-state index contributed by atoms with van der Waals surface area (Å²) in [5.74, 6) is -2.69. The Bertz CT molecular complexity index is 361. The molecule has 0 bridgehead atoms. The van der Waals surface area contributed by atoms with Crippen molar-refractivity contribution in [2.24, 2.45) is 0 Å². The van der Waals surface area contributed by atoms with Crippen LogP contribution < -0.4 is 15.7 Å². The van der Waals surface area contributed by atoms with Crippen molar-refractivity contribution in [3.05, 3.63) is 23.8 Å². The Morgan fingerprint density at radius 2 is 1.71 bits per heavy atom. The van der Waals surface area contributed by atoms with Gasteiger partial charge in [0.25, 0.3) is 5.30 Å². The molecule has 0 aliphatic rings. The highest BCUT2D eigenvalue weighted by molar-refractivity contribution is 7.45. The van der Waals surface area contributed by atoms with Crippen LogP contribution in [0.15, 0.2) is 12.1 Å². The van der Waals surface area contributed by atoms with Crippen molar-refractivity contribution in [2.75, 3.05) is 0 Å². The minimum Gasteiger partial charge on any atom is -0.591 e. The molecule has 0 saturated carbocycles. The molecule has 1 atom stereocenters. The predicted octanol–water partition coefficient (Wildman–Crippen LogP) is -1.63. The molecule has 74 valence electrons. The molecule has 1 aromatic carbocycles. The number of halogens is 2. The fourth-order valence-electron chi connectivity index (χ4n) is 0.909. The van der Waals surface area contributed by atoms with Crippen molar-refractivity contribution in [2.45, 2.75) is 0 Å². The molecule has 8 heteroatoms. The first-order valence-corrected chi connectivity index (χ1v) is 4.60. The molecule has 0 heterocycles. The molecule has 0 spiro atoms. The van der Waals surface area contributed by atoms with Gasteiger partial charge in [-0.1, -0.05) is 4.57 Å². The Labute approximate surface area is 78.8 Å². The Balaban J connectivity index is 3.32. The third-order valence-electron chi connectivity index (χ3n) is 1.52. The lowest BCUT2D eigenvalue weighted by Crippen LogP contribution is -2.33. The standard InChI is InChI=1S/C6H4BF2O4P/c8-4-1-3(7(10)11)2-5(9)6(4)14(12)13/h1-2,10-11H. The summed E-state index contributed by atoms with van der Waals surface area (Å²) in [4.78, 5) is 10.4. The highest BCUT2D eigenvalue weighted by Gasteiger charge is 2.25. The highest BCUT2D eigenvalue weighted by Crippen LogP contribution is 2.13. The van der Waals surface area contributed by atoms with Gasteiger partial charge in [0, 0.05) is 0 Å². The van der Waals surface area contributed by atoms with Crippen LogP contribution in [0.5, 0.6) is 0 Å². The van der Waals surface area contributed by atoms with Crippen LogP contribution in [-0.2, 0) is 4.57 Å². The van der Waals surface area contributed by atoms with Crippen LogP contribution in [-0.4, -0.2) is 17.2 Å².